The summed E-state index contributed by atoms with van der Waals surface area (Å²) in [6.07, 6.45) is 0.437. The second-order valence-corrected chi connectivity index (χ2v) is 3.18. The van der Waals surface area contributed by atoms with Crippen LogP contribution in [0.4, 0.5) is 0 Å². The number of ether oxygens (including phenoxy) is 1. The van der Waals surface area contributed by atoms with Crippen molar-refractivity contribution in [3.05, 3.63) is 35.9 Å². The minimum absolute atomic E-state index is 0. The topological polar surface area (TPSA) is 52.3 Å². The molecule has 4 heteroatoms. The first-order valence-corrected chi connectivity index (χ1v) is 4.28. The normalized spacial score (nSPS) is 25.4. The van der Waals surface area contributed by atoms with Crippen LogP contribution in [0.3, 0.4) is 0 Å². The highest BCUT2D eigenvalue weighted by Gasteiger charge is 2.32. The maximum Gasteiger partial charge on any atom is 0.323 e. The van der Waals surface area contributed by atoms with Gasteiger partial charge in [0, 0.05) is 6.42 Å². The number of carbonyl (C=O) groups excluding carboxylic acids is 1. The van der Waals surface area contributed by atoms with Crippen LogP contribution in [-0.4, -0.2) is 12.0 Å². The third kappa shape index (κ3) is 2.05. The number of rotatable bonds is 1. The van der Waals surface area contributed by atoms with Crippen molar-refractivity contribution < 1.29 is 9.53 Å². The van der Waals surface area contributed by atoms with E-state index in [1.807, 2.05) is 30.3 Å². The third-order valence-corrected chi connectivity index (χ3v) is 2.20. The number of esters is 1. The molecule has 2 N–H and O–H groups in total. The van der Waals surface area contributed by atoms with Crippen LogP contribution >= 0.6 is 12.4 Å². The van der Waals surface area contributed by atoms with E-state index in [-0.39, 0.29) is 24.5 Å². The molecule has 0 aromatic heterocycles. The first-order chi connectivity index (χ1) is 6.27. The predicted molar refractivity (Wildman–Crippen MR) is 55.1 cm³/mol. The average Bonchev–Trinajstić information content (AvgIpc) is 2.49. The summed E-state index contributed by atoms with van der Waals surface area (Å²) in [6, 6.07) is 9.21. The molecule has 14 heavy (non-hydrogen) atoms. The predicted octanol–water partition coefficient (Wildman–Crippen LogP) is 1.42. The molecular formula is C10H12ClNO2. The monoisotopic (exact) mass is 213 g/mol. The van der Waals surface area contributed by atoms with Crippen molar-refractivity contribution in [2.24, 2.45) is 5.73 Å². The highest BCUT2D eigenvalue weighted by molar-refractivity contribution is 5.85. The van der Waals surface area contributed by atoms with E-state index in [1.54, 1.807) is 0 Å². The van der Waals surface area contributed by atoms with Gasteiger partial charge in [-0.25, -0.2) is 0 Å². The summed E-state index contributed by atoms with van der Waals surface area (Å²) < 4.78 is 5.10. The zero-order chi connectivity index (χ0) is 9.26. The molecule has 2 atom stereocenters. The summed E-state index contributed by atoms with van der Waals surface area (Å²) in [5.74, 6) is -0.297. The van der Waals surface area contributed by atoms with E-state index in [0.717, 1.165) is 5.56 Å². The Morgan fingerprint density at radius 3 is 2.43 bits per heavy atom. The number of nitrogens with two attached hydrogens (primary N) is 1. The van der Waals surface area contributed by atoms with E-state index in [4.69, 9.17) is 10.5 Å². The molecule has 1 fully saturated rings. The minimum Gasteiger partial charge on any atom is -0.456 e. The van der Waals surface area contributed by atoms with Crippen molar-refractivity contribution >= 4 is 18.4 Å². The molecule has 1 aliphatic rings. The van der Waals surface area contributed by atoms with Gasteiger partial charge in [0.05, 0.1) is 0 Å². The molecule has 1 aromatic rings. The van der Waals surface area contributed by atoms with Crippen molar-refractivity contribution in [1.82, 2.24) is 0 Å². The van der Waals surface area contributed by atoms with Gasteiger partial charge in [-0.05, 0) is 5.56 Å². The maximum atomic E-state index is 11.0. The van der Waals surface area contributed by atoms with Crippen molar-refractivity contribution in [2.75, 3.05) is 0 Å². The van der Waals surface area contributed by atoms with Crippen LogP contribution in [0, 0.1) is 0 Å². The molecule has 0 bridgehead atoms. The Balaban J connectivity index is 0.000000980. The highest BCUT2D eigenvalue weighted by Crippen LogP contribution is 2.28. The summed E-state index contributed by atoms with van der Waals surface area (Å²) in [6.45, 7) is 0. The smallest absolute Gasteiger partial charge is 0.323 e. The van der Waals surface area contributed by atoms with Gasteiger partial charge >= 0.3 is 5.97 Å². The molecule has 0 amide bonds. The fourth-order valence-corrected chi connectivity index (χ4v) is 1.47. The zero-order valence-electron chi connectivity index (χ0n) is 7.55. The number of hydrogen-bond donors (Lipinski definition) is 1. The van der Waals surface area contributed by atoms with Crippen molar-refractivity contribution in [1.29, 1.82) is 0 Å². The Bertz CT molecular complexity index is 315. The minimum atomic E-state index is -0.454. The standard InChI is InChI=1S/C10H11NO2.ClH/c11-8-6-9(13-10(8)12)7-4-2-1-3-5-7;/h1-5,8-9H,6,11H2;1H. The van der Waals surface area contributed by atoms with Crippen LogP contribution in [0.25, 0.3) is 0 Å². The first kappa shape index (κ1) is 11.0. The molecule has 1 aliphatic heterocycles. The van der Waals surface area contributed by atoms with Crippen LogP contribution in [0.2, 0.25) is 0 Å². The van der Waals surface area contributed by atoms with Gasteiger partial charge in [-0.1, -0.05) is 30.3 Å². The van der Waals surface area contributed by atoms with E-state index >= 15 is 0 Å². The molecule has 0 aliphatic carbocycles. The molecule has 2 rings (SSSR count). The fraction of sp³-hybridized carbons (Fsp3) is 0.300. The molecule has 1 aromatic carbocycles. The largest absolute Gasteiger partial charge is 0.456 e. The molecule has 2 unspecified atom stereocenters. The lowest BCUT2D eigenvalue weighted by Crippen LogP contribution is -2.24. The molecule has 76 valence electrons. The van der Waals surface area contributed by atoms with Crippen molar-refractivity contribution in [2.45, 2.75) is 18.6 Å². The highest BCUT2D eigenvalue weighted by atomic mass is 35.5. The second-order valence-electron chi connectivity index (χ2n) is 3.18. The van der Waals surface area contributed by atoms with Crippen LogP contribution in [0.15, 0.2) is 30.3 Å². The number of benzene rings is 1. The van der Waals surface area contributed by atoms with Gasteiger partial charge in [-0.3, -0.25) is 4.79 Å². The van der Waals surface area contributed by atoms with Crippen molar-refractivity contribution in [3.8, 4) is 0 Å². The molecule has 3 nitrogen and oxygen atoms in total. The number of halogens is 1. The Morgan fingerprint density at radius 1 is 1.29 bits per heavy atom. The molecule has 1 saturated heterocycles. The number of cyclic esters (lactones) is 1. The summed E-state index contributed by atoms with van der Waals surface area (Å²) in [7, 11) is 0. The average molecular weight is 214 g/mol. The zero-order valence-corrected chi connectivity index (χ0v) is 8.37. The van der Waals surface area contributed by atoms with Gasteiger partial charge in [0.25, 0.3) is 0 Å². The Labute approximate surface area is 88.7 Å². The second kappa shape index (κ2) is 4.44. The Kier molecular flexibility index (Phi) is 3.49. The molecule has 0 spiro atoms. The fourth-order valence-electron chi connectivity index (χ4n) is 1.47. The van der Waals surface area contributed by atoms with E-state index in [1.165, 1.54) is 0 Å². The summed E-state index contributed by atoms with van der Waals surface area (Å²) >= 11 is 0. The van der Waals surface area contributed by atoms with Gasteiger partial charge in [0.1, 0.15) is 12.1 Å². The number of carbonyl (C=O) groups is 1. The third-order valence-electron chi connectivity index (χ3n) is 2.20. The van der Waals surface area contributed by atoms with Gasteiger partial charge < -0.3 is 10.5 Å². The van der Waals surface area contributed by atoms with Gasteiger partial charge in [0.15, 0.2) is 0 Å². The van der Waals surface area contributed by atoms with E-state index in [0.29, 0.717) is 6.42 Å². The quantitative estimate of drug-likeness (QED) is 0.718. The lowest BCUT2D eigenvalue weighted by atomic mass is 10.1. The van der Waals surface area contributed by atoms with Gasteiger partial charge in [-0.15, -0.1) is 12.4 Å². The van der Waals surface area contributed by atoms with Gasteiger partial charge in [-0.2, -0.15) is 0 Å². The number of hydrogen-bond acceptors (Lipinski definition) is 3. The van der Waals surface area contributed by atoms with Crippen LogP contribution < -0.4 is 5.73 Å². The Hall–Kier alpha value is -1.06. The van der Waals surface area contributed by atoms with Crippen LogP contribution in [0.1, 0.15) is 18.1 Å². The van der Waals surface area contributed by atoms with Crippen LogP contribution in [-0.2, 0) is 9.53 Å². The SMILES string of the molecule is Cl.NC1CC(c2ccccc2)OC1=O. The summed E-state index contributed by atoms with van der Waals surface area (Å²) in [5, 5.41) is 0. The van der Waals surface area contributed by atoms with E-state index in [2.05, 4.69) is 0 Å². The molecule has 0 radical (unpaired) electrons. The molecule has 0 saturated carbocycles. The van der Waals surface area contributed by atoms with Crippen LogP contribution in [0.5, 0.6) is 0 Å². The van der Waals surface area contributed by atoms with E-state index < -0.39 is 6.04 Å². The van der Waals surface area contributed by atoms with Crippen molar-refractivity contribution in [3.63, 3.8) is 0 Å². The van der Waals surface area contributed by atoms with Gasteiger partial charge in [0.2, 0.25) is 0 Å². The molecule has 1 heterocycles. The first-order valence-electron chi connectivity index (χ1n) is 4.28. The summed E-state index contributed by atoms with van der Waals surface area (Å²) in [5.41, 5.74) is 6.55. The lowest BCUT2D eigenvalue weighted by molar-refractivity contribution is -0.142. The van der Waals surface area contributed by atoms with E-state index in [9.17, 15) is 4.79 Å². The molecular weight excluding hydrogens is 202 g/mol. The summed E-state index contributed by atoms with van der Waals surface area (Å²) in [4.78, 5) is 11.0. The lowest BCUT2D eigenvalue weighted by Gasteiger charge is -2.07. The maximum absolute atomic E-state index is 11.0. The Morgan fingerprint density at radius 2 is 1.93 bits per heavy atom.